The maximum atomic E-state index is 5.51. The summed E-state index contributed by atoms with van der Waals surface area (Å²) in [6.07, 6.45) is 1.67. The van der Waals surface area contributed by atoms with Gasteiger partial charge in [0.15, 0.2) is 0 Å². The Bertz CT molecular complexity index is 409. The first-order valence-corrected chi connectivity index (χ1v) is 5.41. The van der Waals surface area contributed by atoms with Crippen molar-refractivity contribution in [2.45, 2.75) is 20.8 Å². The Morgan fingerprint density at radius 3 is 2.50 bits per heavy atom. The largest absolute Gasteiger partial charge is 0.368 e. The maximum absolute atomic E-state index is 5.51. The summed E-state index contributed by atoms with van der Waals surface area (Å²) in [5.41, 5.74) is 8.65. The first-order valence-electron chi connectivity index (χ1n) is 5.41. The van der Waals surface area contributed by atoms with Crippen molar-refractivity contribution in [1.82, 2.24) is 9.97 Å². The Morgan fingerprint density at radius 2 is 1.88 bits per heavy atom. The molecule has 0 fully saturated rings. The van der Waals surface area contributed by atoms with Gasteiger partial charge in [-0.15, -0.1) is 0 Å². The number of aromatic nitrogens is 2. The van der Waals surface area contributed by atoms with E-state index in [-0.39, 0.29) is 0 Å². The van der Waals surface area contributed by atoms with E-state index in [1.807, 2.05) is 45.0 Å². The Balaban J connectivity index is 0.000000606. The van der Waals surface area contributed by atoms with Crippen molar-refractivity contribution in [3.05, 3.63) is 42.1 Å². The predicted molar refractivity (Wildman–Crippen MR) is 68.0 cm³/mol. The van der Waals surface area contributed by atoms with Crippen LogP contribution in [0.3, 0.4) is 0 Å². The first kappa shape index (κ1) is 12.2. The molecule has 16 heavy (non-hydrogen) atoms. The Kier molecular flexibility index (Phi) is 4.45. The van der Waals surface area contributed by atoms with Crippen LogP contribution in [0.4, 0.5) is 5.95 Å². The SMILES string of the molecule is CC.Cc1cccc(-c2ccnc(N)n2)c1. The molecule has 3 nitrogen and oxygen atoms in total. The van der Waals surface area contributed by atoms with Crippen molar-refractivity contribution in [1.29, 1.82) is 0 Å². The van der Waals surface area contributed by atoms with Crippen molar-refractivity contribution in [2.24, 2.45) is 0 Å². The molecule has 0 spiro atoms. The van der Waals surface area contributed by atoms with Crippen LogP contribution in [0.2, 0.25) is 0 Å². The fraction of sp³-hybridized carbons (Fsp3) is 0.231. The van der Waals surface area contributed by atoms with Gasteiger partial charge in [0.25, 0.3) is 0 Å². The standard InChI is InChI=1S/C11H11N3.C2H6/c1-8-3-2-4-9(7-8)10-5-6-13-11(12)14-10;1-2/h2-7H,1H3,(H2,12,13,14);1-2H3. The van der Waals surface area contributed by atoms with Crippen LogP contribution in [0.15, 0.2) is 36.5 Å². The van der Waals surface area contributed by atoms with E-state index < -0.39 is 0 Å². The molecule has 0 atom stereocenters. The van der Waals surface area contributed by atoms with Gasteiger partial charge in [-0.25, -0.2) is 9.97 Å². The maximum Gasteiger partial charge on any atom is 0.220 e. The molecule has 1 aromatic heterocycles. The lowest BCUT2D eigenvalue weighted by molar-refractivity contribution is 1.19. The van der Waals surface area contributed by atoms with Crippen LogP contribution in [-0.2, 0) is 0 Å². The summed E-state index contributed by atoms with van der Waals surface area (Å²) in [6.45, 7) is 6.05. The summed E-state index contributed by atoms with van der Waals surface area (Å²) in [7, 11) is 0. The van der Waals surface area contributed by atoms with Crippen LogP contribution < -0.4 is 5.73 Å². The van der Waals surface area contributed by atoms with E-state index in [1.165, 1.54) is 5.56 Å². The Labute approximate surface area is 96.4 Å². The lowest BCUT2D eigenvalue weighted by Gasteiger charge is -2.01. The third-order valence-corrected chi connectivity index (χ3v) is 1.99. The van der Waals surface area contributed by atoms with Gasteiger partial charge in [-0.2, -0.15) is 0 Å². The van der Waals surface area contributed by atoms with Gasteiger partial charge in [-0.1, -0.05) is 37.6 Å². The number of nitrogen functional groups attached to an aromatic ring is 1. The van der Waals surface area contributed by atoms with E-state index in [0.29, 0.717) is 5.95 Å². The molecule has 3 heteroatoms. The van der Waals surface area contributed by atoms with E-state index in [9.17, 15) is 0 Å². The van der Waals surface area contributed by atoms with Gasteiger partial charge in [0.1, 0.15) is 0 Å². The molecule has 1 heterocycles. The molecule has 0 radical (unpaired) electrons. The van der Waals surface area contributed by atoms with Gasteiger partial charge in [0.05, 0.1) is 5.69 Å². The lowest BCUT2D eigenvalue weighted by atomic mass is 10.1. The topological polar surface area (TPSA) is 51.8 Å². The van der Waals surface area contributed by atoms with Gasteiger partial charge < -0.3 is 5.73 Å². The number of aryl methyl sites for hydroxylation is 1. The van der Waals surface area contributed by atoms with Gasteiger partial charge in [0, 0.05) is 11.8 Å². The highest BCUT2D eigenvalue weighted by molar-refractivity contribution is 5.60. The third kappa shape index (κ3) is 3.05. The summed E-state index contributed by atoms with van der Waals surface area (Å²) < 4.78 is 0. The molecule has 0 unspecified atom stereocenters. The summed E-state index contributed by atoms with van der Waals surface area (Å²) >= 11 is 0. The summed E-state index contributed by atoms with van der Waals surface area (Å²) in [6, 6.07) is 9.98. The predicted octanol–water partition coefficient (Wildman–Crippen LogP) is 3.06. The smallest absolute Gasteiger partial charge is 0.220 e. The highest BCUT2D eigenvalue weighted by atomic mass is 15.0. The third-order valence-electron chi connectivity index (χ3n) is 1.99. The van der Waals surface area contributed by atoms with E-state index in [2.05, 4.69) is 16.0 Å². The number of rotatable bonds is 1. The molecule has 0 saturated carbocycles. The minimum Gasteiger partial charge on any atom is -0.368 e. The number of nitrogens with two attached hydrogens (primary N) is 1. The molecule has 1 aromatic carbocycles. The van der Waals surface area contributed by atoms with Crippen molar-refractivity contribution >= 4 is 5.95 Å². The Morgan fingerprint density at radius 1 is 1.12 bits per heavy atom. The summed E-state index contributed by atoms with van der Waals surface area (Å²) in [4.78, 5) is 8.01. The van der Waals surface area contributed by atoms with Crippen molar-refractivity contribution < 1.29 is 0 Å². The van der Waals surface area contributed by atoms with Crippen LogP contribution in [0.5, 0.6) is 0 Å². The minimum absolute atomic E-state index is 0.309. The summed E-state index contributed by atoms with van der Waals surface area (Å²) in [5.74, 6) is 0.309. The molecule has 0 saturated heterocycles. The first-order chi connectivity index (χ1) is 7.75. The number of hydrogen-bond donors (Lipinski definition) is 1. The average molecular weight is 215 g/mol. The fourth-order valence-electron chi connectivity index (χ4n) is 1.34. The molecular weight excluding hydrogens is 198 g/mol. The average Bonchev–Trinajstić information content (AvgIpc) is 2.32. The van der Waals surface area contributed by atoms with E-state index >= 15 is 0 Å². The van der Waals surface area contributed by atoms with Crippen molar-refractivity contribution in [3.63, 3.8) is 0 Å². The van der Waals surface area contributed by atoms with Crippen molar-refractivity contribution in [3.8, 4) is 11.3 Å². The van der Waals surface area contributed by atoms with Crippen LogP contribution in [-0.4, -0.2) is 9.97 Å². The van der Waals surface area contributed by atoms with Gasteiger partial charge >= 0.3 is 0 Å². The van der Waals surface area contributed by atoms with Crippen LogP contribution in [0.25, 0.3) is 11.3 Å². The van der Waals surface area contributed by atoms with Gasteiger partial charge in [0.2, 0.25) is 5.95 Å². The Hall–Kier alpha value is -1.90. The van der Waals surface area contributed by atoms with Crippen LogP contribution in [0, 0.1) is 6.92 Å². The number of anilines is 1. The number of benzene rings is 1. The zero-order valence-electron chi connectivity index (χ0n) is 9.94. The lowest BCUT2D eigenvalue weighted by Crippen LogP contribution is -1.95. The number of nitrogens with zero attached hydrogens (tertiary/aromatic N) is 2. The highest BCUT2D eigenvalue weighted by Gasteiger charge is 1.99. The monoisotopic (exact) mass is 215 g/mol. The summed E-state index contributed by atoms with van der Waals surface area (Å²) in [5, 5.41) is 0. The molecule has 0 bridgehead atoms. The minimum atomic E-state index is 0.309. The molecule has 84 valence electrons. The molecule has 2 aromatic rings. The zero-order valence-corrected chi connectivity index (χ0v) is 9.94. The van der Waals surface area contributed by atoms with E-state index in [0.717, 1.165) is 11.3 Å². The van der Waals surface area contributed by atoms with Crippen LogP contribution >= 0.6 is 0 Å². The number of hydrogen-bond acceptors (Lipinski definition) is 3. The van der Waals surface area contributed by atoms with E-state index in [4.69, 9.17) is 5.73 Å². The molecule has 0 aliphatic carbocycles. The fourth-order valence-corrected chi connectivity index (χ4v) is 1.34. The zero-order chi connectivity index (χ0) is 12.0. The highest BCUT2D eigenvalue weighted by Crippen LogP contribution is 2.17. The molecule has 0 aliphatic heterocycles. The van der Waals surface area contributed by atoms with Gasteiger partial charge in [-0.3, -0.25) is 0 Å². The molecular formula is C13H17N3. The second-order valence-electron chi connectivity index (χ2n) is 3.17. The van der Waals surface area contributed by atoms with E-state index in [1.54, 1.807) is 6.20 Å². The second kappa shape index (κ2) is 5.85. The quantitative estimate of drug-likeness (QED) is 0.795. The van der Waals surface area contributed by atoms with Crippen molar-refractivity contribution in [2.75, 3.05) is 5.73 Å². The second-order valence-corrected chi connectivity index (χ2v) is 3.17. The normalized spacial score (nSPS) is 9.19. The van der Waals surface area contributed by atoms with Gasteiger partial charge in [-0.05, 0) is 19.1 Å². The molecule has 2 N–H and O–H groups in total. The molecule has 0 amide bonds. The van der Waals surface area contributed by atoms with Crippen LogP contribution in [0.1, 0.15) is 19.4 Å². The molecule has 2 rings (SSSR count). The molecule has 0 aliphatic rings.